The van der Waals surface area contributed by atoms with Crippen LogP contribution in [0.15, 0.2) is 30.6 Å². The summed E-state index contributed by atoms with van der Waals surface area (Å²) >= 11 is 0. The lowest BCUT2D eigenvalue weighted by Gasteiger charge is -2.30. The summed E-state index contributed by atoms with van der Waals surface area (Å²) in [5.41, 5.74) is 2.27. The Bertz CT molecular complexity index is 681. The average molecular weight is 317 g/mol. The van der Waals surface area contributed by atoms with Gasteiger partial charge < -0.3 is 9.84 Å². The first-order chi connectivity index (χ1) is 11.2. The van der Waals surface area contributed by atoms with Crippen LogP contribution in [0.2, 0.25) is 0 Å². The van der Waals surface area contributed by atoms with Gasteiger partial charge in [-0.3, -0.25) is 4.90 Å². The predicted octanol–water partition coefficient (Wildman–Crippen LogP) is 2.11. The number of nitrogens with zero attached hydrogens (tertiary/aromatic N) is 3. The van der Waals surface area contributed by atoms with E-state index in [9.17, 15) is 9.50 Å². The van der Waals surface area contributed by atoms with Gasteiger partial charge in [-0.1, -0.05) is 18.2 Å². The maximum absolute atomic E-state index is 13.8. The lowest BCUT2D eigenvalue weighted by atomic mass is 10.0. The molecule has 0 spiro atoms. The molecule has 2 aromatic rings. The normalized spacial score (nSPS) is 16.0. The third kappa shape index (κ3) is 3.48. The quantitative estimate of drug-likeness (QED) is 0.915. The Morgan fingerprint density at radius 3 is 2.96 bits per heavy atom. The smallest absolute Gasteiger partial charge is 0.221 e. The summed E-state index contributed by atoms with van der Waals surface area (Å²) in [6, 6.07) is 6.33. The number of β-amino-alcohol motifs (C(OH)–C–C–N with tert-alkyl or cyclic N) is 1. The van der Waals surface area contributed by atoms with Gasteiger partial charge in [0, 0.05) is 37.2 Å². The van der Waals surface area contributed by atoms with E-state index in [0.29, 0.717) is 31.1 Å². The first kappa shape index (κ1) is 15.8. The van der Waals surface area contributed by atoms with Gasteiger partial charge in [0.1, 0.15) is 12.1 Å². The summed E-state index contributed by atoms with van der Waals surface area (Å²) in [5, 5.41) is 10.3. The maximum atomic E-state index is 13.8. The van der Waals surface area contributed by atoms with Crippen molar-refractivity contribution in [3.05, 3.63) is 53.2 Å². The number of hydrogen-bond donors (Lipinski definition) is 1. The highest BCUT2D eigenvalue weighted by atomic mass is 19.1. The van der Waals surface area contributed by atoms with E-state index >= 15 is 0 Å². The molecule has 5 nitrogen and oxygen atoms in total. The zero-order valence-electron chi connectivity index (χ0n) is 13.1. The Balaban J connectivity index is 1.73. The SMILES string of the molecule is CCOc1ncnc2c1CN(C[C@@H](O)c1ccccc1F)CC2. The van der Waals surface area contributed by atoms with Crippen molar-refractivity contribution in [1.82, 2.24) is 14.9 Å². The van der Waals surface area contributed by atoms with E-state index in [4.69, 9.17) is 4.74 Å². The van der Waals surface area contributed by atoms with Crippen molar-refractivity contribution in [2.75, 3.05) is 19.7 Å². The summed E-state index contributed by atoms with van der Waals surface area (Å²) in [7, 11) is 0. The van der Waals surface area contributed by atoms with Gasteiger partial charge in [0.25, 0.3) is 0 Å². The molecule has 0 fully saturated rings. The van der Waals surface area contributed by atoms with Gasteiger partial charge >= 0.3 is 0 Å². The van der Waals surface area contributed by atoms with Crippen LogP contribution in [0.4, 0.5) is 4.39 Å². The lowest BCUT2D eigenvalue weighted by Crippen LogP contribution is -2.35. The fraction of sp³-hybridized carbons (Fsp3) is 0.412. The van der Waals surface area contributed by atoms with Gasteiger partial charge in [-0.05, 0) is 13.0 Å². The van der Waals surface area contributed by atoms with E-state index in [-0.39, 0.29) is 5.82 Å². The van der Waals surface area contributed by atoms with Crippen LogP contribution >= 0.6 is 0 Å². The molecule has 122 valence electrons. The number of benzene rings is 1. The Labute approximate surface area is 134 Å². The van der Waals surface area contributed by atoms with E-state index < -0.39 is 6.10 Å². The van der Waals surface area contributed by atoms with Crippen molar-refractivity contribution in [3.8, 4) is 5.88 Å². The van der Waals surface area contributed by atoms with Crippen molar-refractivity contribution in [3.63, 3.8) is 0 Å². The Kier molecular flexibility index (Phi) is 4.83. The molecule has 1 atom stereocenters. The first-order valence-electron chi connectivity index (χ1n) is 7.79. The van der Waals surface area contributed by atoms with Crippen LogP contribution in [-0.2, 0) is 13.0 Å². The van der Waals surface area contributed by atoms with Crippen LogP contribution in [0, 0.1) is 5.82 Å². The summed E-state index contributed by atoms with van der Waals surface area (Å²) < 4.78 is 19.3. The summed E-state index contributed by atoms with van der Waals surface area (Å²) in [6.07, 6.45) is 1.42. The van der Waals surface area contributed by atoms with Gasteiger partial charge in [0.05, 0.1) is 18.4 Å². The minimum absolute atomic E-state index is 0.327. The second-order valence-corrected chi connectivity index (χ2v) is 5.56. The van der Waals surface area contributed by atoms with E-state index in [1.54, 1.807) is 18.2 Å². The average Bonchev–Trinajstić information content (AvgIpc) is 2.56. The predicted molar refractivity (Wildman–Crippen MR) is 83.5 cm³/mol. The number of halogens is 1. The van der Waals surface area contributed by atoms with E-state index in [2.05, 4.69) is 14.9 Å². The molecule has 1 aliphatic heterocycles. The van der Waals surface area contributed by atoms with Crippen LogP contribution in [0.5, 0.6) is 5.88 Å². The minimum atomic E-state index is -0.863. The molecule has 0 unspecified atom stereocenters. The highest BCUT2D eigenvalue weighted by Gasteiger charge is 2.24. The molecule has 1 aromatic heterocycles. The third-order valence-electron chi connectivity index (χ3n) is 4.02. The highest BCUT2D eigenvalue weighted by molar-refractivity contribution is 5.31. The standard InChI is InChI=1S/C17H20FN3O2/c1-2-23-17-13-9-21(8-7-15(13)19-11-20-17)10-16(22)12-5-3-4-6-14(12)18/h3-6,11,16,22H,2,7-10H2,1H3/t16-/m1/s1. The van der Waals surface area contributed by atoms with Crippen LogP contribution in [0.25, 0.3) is 0 Å². The molecule has 6 heteroatoms. The largest absolute Gasteiger partial charge is 0.478 e. The second-order valence-electron chi connectivity index (χ2n) is 5.56. The van der Waals surface area contributed by atoms with Crippen molar-refractivity contribution in [2.24, 2.45) is 0 Å². The molecule has 1 aromatic carbocycles. The fourth-order valence-electron chi connectivity index (χ4n) is 2.88. The Morgan fingerprint density at radius 1 is 1.35 bits per heavy atom. The van der Waals surface area contributed by atoms with Crippen molar-refractivity contribution in [1.29, 1.82) is 0 Å². The van der Waals surface area contributed by atoms with Gasteiger partial charge in [-0.15, -0.1) is 0 Å². The van der Waals surface area contributed by atoms with Gasteiger partial charge in [-0.25, -0.2) is 14.4 Å². The molecule has 0 saturated heterocycles. The van der Waals surface area contributed by atoms with Crippen LogP contribution in [-0.4, -0.2) is 39.7 Å². The molecule has 0 amide bonds. The fourth-order valence-corrected chi connectivity index (χ4v) is 2.88. The second kappa shape index (κ2) is 7.02. The molecular formula is C17H20FN3O2. The van der Waals surface area contributed by atoms with Gasteiger partial charge in [0.2, 0.25) is 5.88 Å². The molecule has 1 aliphatic rings. The van der Waals surface area contributed by atoms with Crippen LogP contribution in [0.1, 0.15) is 29.8 Å². The van der Waals surface area contributed by atoms with Gasteiger partial charge in [-0.2, -0.15) is 0 Å². The zero-order chi connectivity index (χ0) is 16.2. The molecule has 0 bridgehead atoms. The molecule has 0 aliphatic carbocycles. The molecule has 2 heterocycles. The monoisotopic (exact) mass is 317 g/mol. The van der Waals surface area contributed by atoms with Crippen LogP contribution < -0.4 is 4.74 Å². The summed E-state index contributed by atoms with van der Waals surface area (Å²) in [4.78, 5) is 10.6. The van der Waals surface area contributed by atoms with Crippen LogP contribution in [0.3, 0.4) is 0 Å². The first-order valence-corrected chi connectivity index (χ1v) is 7.79. The Hall–Kier alpha value is -2.05. The molecule has 0 saturated carbocycles. The zero-order valence-corrected chi connectivity index (χ0v) is 13.1. The van der Waals surface area contributed by atoms with E-state index in [1.165, 1.54) is 12.4 Å². The number of hydrogen-bond acceptors (Lipinski definition) is 5. The molecule has 3 rings (SSSR count). The number of rotatable bonds is 5. The van der Waals surface area contributed by atoms with Crippen molar-refractivity contribution < 1.29 is 14.2 Å². The van der Waals surface area contributed by atoms with Crippen molar-refractivity contribution in [2.45, 2.75) is 26.0 Å². The summed E-state index contributed by atoms with van der Waals surface area (Å²) in [6.45, 7) is 4.18. The topological polar surface area (TPSA) is 58.5 Å². The van der Waals surface area contributed by atoms with E-state index in [0.717, 1.165) is 24.2 Å². The molecule has 23 heavy (non-hydrogen) atoms. The number of aromatic nitrogens is 2. The van der Waals surface area contributed by atoms with E-state index in [1.807, 2.05) is 6.92 Å². The number of aliphatic hydroxyl groups is 1. The lowest BCUT2D eigenvalue weighted by molar-refractivity contribution is 0.101. The molecule has 1 N–H and O–H groups in total. The minimum Gasteiger partial charge on any atom is -0.478 e. The molecule has 0 radical (unpaired) electrons. The Morgan fingerprint density at radius 2 is 2.17 bits per heavy atom. The third-order valence-corrected chi connectivity index (χ3v) is 4.02. The maximum Gasteiger partial charge on any atom is 0.221 e. The molecular weight excluding hydrogens is 297 g/mol. The van der Waals surface area contributed by atoms with Crippen molar-refractivity contribution >= 4 is 0 Å². The highest BCUT2D eigenvalue weighted by Crippen LogP contribution is 2.26. The van der Waals surface area contributed by atoms with Gasteiger partial charge in [0.15, 0.2) is 0 Å². The number of aliphatic hydroxyl groups excluding tert-OH is 1. The summed E-state index contributed by atoms with van der Waals surface area (Å²) in [5.74, 6) is 0.221. The number of fused-ring (bicyclic) bond motifs is 1. The number of ether oxygens (including phenoxy) is 1.